The molecule has 2 unspecified atom stereocenters. The number of quaternary nitrogens is 1. The molecular weight excluding hydrogens is 209 g/mol. The highest BCUT2D eigenvalue weighted by Crippen LogP contribution is 2.08. The summed E-state index contributed by atoms with van der Waals surface area (Å²) >= 11 is 0. The van der Waals surface area contributed by atoms with E-state index >= 15 is 0 Å². The average Bonchev–Trinajstić information content (AvgIpc) is 1.96. The number of likely N-dealkylation sites (N-methyl/N-ethyl adjacent to an activating group) is 1. The molecule has 7 heteroatoms. The van der Waals surface area contributed by atoms with E-state index in [0.29, 0.717) is 11.0 Å². The quantitative estimate of drug-likeness (QED) is 0.242. The summed E-state index contributed by atoms with van der Waals surface area (Å²) < 4.78 is 14.7. The lowest BCUT2D eigenvalue weighted by Crippen LogP contribution is -2.44. The number of rotatable bonds is 7. The second-order valence-corrected chi connectivity index (χ2v) is 4.27. The Morgan fingerprint density at radius 2 is 2.07 bits per heavy atom. The summed E-state index contributed by atoms with van der Waals surface area (Å²) in [5.74, 6) is -1.22. The van der Waals surface area contributed by atoms with Gasteiger partial charge in [-0.25, -0.2) is 0 Å². The Morgan fingerprint density at radius 1 is 1.50 bits per heavy atom. The van der Waals surface area contributed by atoms with Crippen LogP contribution in [0.5, 0.6) is 0 Å². The van der Waals surface area contributed by atoms with E-state index in [1.807, 2.05) is 21.1 Å². The molecule has 0 amide bonds. The standard InChI is InChI=1S/C7H15NO5P/c1-8(2,3)5-6(4-7(9)10)12-13-14-11/h6,14H,4-5H2,1-3H3/q+1. The summed E-state index contributed by atoms with van der Waals surface area (Å²) in [6, 6.07) is 0. The van der Waals surface area contributed by atoms with Gasteiger partial charge in [0.05, 0.1) is 21.1 Å². The van der Waals surface area contributed by atoms with Crippen LogP contribution in [-0.4, -0.2) is 44.2 Å². The van der Waals surface area contributed by atoms with Crippen LogP contribution in [0.4, 0.5) is 0 Å². The van der Waals surface area contributed by atoms with Gasteiger partial charge in [-0.15, -0.1) is 0 Å². The van der Waals surface area contributed by atoms with Crippen molar-refractivity contribution < 1.29 is 28.5 Å². The van der Waals surface area contributed by atoms with Gasteiger partial charge in [0.2, 0.25) is 0 Å². The van der Waals surface area contributed by atoms with Crippen molar-refractivity contribution in [1.29, 1.82) is 0 Å². The van der Waals surface area contributed by atoms with Crippen molar-refractivity contribution in [3.8, 4) is 0 Å². The molecule has 0 heterocycles. The minimum absolute atomic E-state index is 0.278. The van der Waals surface area contributed by atoms with Crippen molar-refractivity contribution >= 4 is 14.7 Å². The maximum Gasteiger partial charge on any atom is 0.526 e. The molecule has 0 saturated heterocycles. The predicted octanol–water partition coefficient (Wildman–Crippen LogP) is -0.912. The number of aliphatic carboxylic acids is 1. The summed E-state index contributed by atoms with van der Waals surface area (Å²) in [4.78, 5) is 15.0. The molecule has 0 rings (SSSR count). The Bertz CT molecular complexity index is 203. The van der Waals surface area contributed by atoms with Gasteiger partial charge in [-0.1, -0.05) is 0 Å². The fourth-order valence-corrected chi connectivity index (χ4v) is 1.19. The van der Waals surface area contributed by atoms with E-state index in [4.69, 9.17) is 0 Å². The van der Waals surface area contributed by atoms with Gasteiger partial charge in [0.1, 0.15) is 6.54 Å². The summed E-state index contributed by atoms with van der Waals surface area (Å²) in [6.45, 7) is 0.429. The Kier molecular flexibility index (Phi) is 5.79. The van der Waals surface area contributed by atoms with Crippen molar-refractivity contribution in [2.45, 2.75) is 12.5 Å². The van der Waals surface area contributed by atoms with E-state index < -0.39 is 20.8 Å². The highest BCUT2D eigenvalue weighted by molar-refractivity contribution is 7.17. The lowest BCUT2D eigenvalue weighted by atomic mass is 10.2. The van der Waals surface area contributed by atoms with Crippen LogP contribution in [0.1, 0.15) is 6.42 Å². The third-order valence-corrected chi connectivity index (χ3v) is 1.53. The first kappa shape index (κ1) is 13.4. The maximum atomic E-state index is 10.3. The van der Waals surface area contributed by atoms with Crippen molar-refractivity contribution in [1.82, 2.24) is 0 Å². The van der Waals surface area contributed by atoms with Crippen LogP contribution in [0.2, 0.25) is 0 Å². The molecule has 0 aliphatic rings. The second-order valence-electron chi connectivity index (χ2n) is 3.93. The lowest BCUT2D eigenvalue weighted by molar-refractivity contribution is -0.874. The molecule has 82 valence electrons. The Labute approximate surface area is 84.2 Å². The zero-order chi connectivity index (χ0) is 11.2. The highest BCUT2D eigenvalue weighted by atomic mass is 31.1. The fraction of sp³-hybridized carbons (Fsp3) is 0.857. The molecule has 0 aliphatic heterocycles. The number of carboxylic acid groups (broad SMARTS) is 1. The average molecular weight is 224 g/mol. The number of hydrogen-bond donors (Lipinski definition) is 0. The molecule has 6 nitrogen and oxygen atoms in total. The summed E-state index contributed by atoms with van der Waals surface area (Å²) in [7, 11) is 4.58. The van der Waals surface area contributed by atoms with Gasteiger partial charge in [-0.3, -0.25) is 0 Å². The Balaban J connectivity index is 4.09. The summed E-state index contributed by atoms with van der Waals surface area (Å²) in [6.07, 6.45) is -0.929. The number of carboxylic acids is 1. The topological polar surface area (TPSA) is 75.7 Å². The van der Waals surface area contributed by atoms with E-state index in [9.17, 15) is 14.5 Å². The van der Waals surface area contributed by atoms with Crippen LogP contribution in [0, 0.1) is 0 Å². The van der Waals surface area contributed by atoms with Gasteiger partial charge in [-0.05, 0) is 4.57 Å². The second kappa shape index (κ2) is 6.03. The van der Waals surface area contributed by atoms with Crippen molar-refractivity contribution in [3.63, 3.8) is 0 Å². The van der Waals surface area contributed by atoms with Crippen LogP contribution in [0.3, 0.4) is 0 Å². The Hall–Kier alpha value is -0.550. The van der Waals surface area contributed by atoms with Gasteiger partial charge in [0.15, 0.2) is 6.10 Å². The zero-order valence-electron chi connectivity index (χ0n) is 8.48. The molecule has 14 heavy (non-hydrogen) atoms. The number of hydrogen-bond acceptors (Lipinski definition) is 5. The number of carbonyl (C=O) groups is 1. The summed E-state index contributed by atoms with van der Waals surface area (Å²) in [5, 5.41) is 10.3. The fourth-order valence-electron chi connectivity index (χ4n) is 1.01. The van der Waals surface area contributed by atoms with Crippen LogP contribution < -0.4 is 5.11 Å². The first-order chi connectivity index (χ1) is 6.35. The van der Waals surface area contributed by atoms with E-state index in [-0.39, 0.29) is 6.42 Å². The van der Waals surface area contributed by atoms with Crippen molar-refractivity contribution in [3.05, 3.63) is 0 Å². The minimum atomic E-state index is -1.22. The minimum Gasteiger partial charge on any atom is -0.550 e. The largest absolute Gasteiger partial charge is 0.550 e. The molecule has 0 spiro atoms. The zero-order valence-corrected chi connectivity index (χ0v) is 9.48. The van der Waals surface area contributed by atoms with Gasteiger partial charge in [-0.2, -0.15) is 4.89 Å². The molecule has 0 aromatic carbocycles. The van der Waals surface area contributed by atoms with Gasteiger partial charge >= 0.3 is 8.69 Å². The first-order valence-corrected chi connectivity index (χ1v) is 4.86. The van der Waals surface area contributed by atoms with Crippen molar-refractivity contribution in [2.24, 2.45) is 0 Å². The molecule has 0 aromatic rings. The SMILES string of the molecule is C[N+](C)(C)CC(CC(=O)[O-])OO[PH+]=O. The first-order valence-electron chi connectivity index (χ1n) is 4.05. The lowest BCUT2D eigenvalue weighted by Gasteiger charge is -2.27. The Morgan fingerprint density at radius 3 is 2.43 bits per heavy atom. The molecular formula is C7H15NO5P+. The van der Waals surface area contributed by atoms with Crippen LogP contribution in [-0.2, 0) is 18.9 Å². The highest BCUT2D eigenvalue weighted by Gasteiger charge is 2.21. The maximum absolute atomic E-state index is 10.3. The predicted molar refractivity (Wildman–Crippen MR) is 47.5 cm³/mol. The normalized spacial score (nSPS) is 14.2. The van der Waals surface area contributed by atoms with E-state index in [1.165, 1.54) is 0 Å². The molecule has 0 aromatic heterocycles. The van der Waals surface area contributed by atoms with Crippen LogP contribution >= 0.6 is 8.69 Å². The van der Waals surface area contributed by atoms with Crippen molar-refractivity contribution in [2.75, 3.05) is 27.7 Å². The molecule has 0 aliphatic carbocycles. The monoisotopic (exact) mass is 224 g/mol. The van der Waals surface area contributed by atoms with E-state index in [2.05, 4.69) is 9.56 Å². The van der Waals surface area contributed by atoms with Crippen LogP contribution in [0.15, 0.2) is 0 Å². The van der Waals surface area contributed by atoms with E-state index in [0.717, 1.165) is 0 Å². The third-order valence-electron chi connectivity index (χ3n) is 1.36. The van der Waals surface area contributed by atoms with Gasteiger partial charge < -0.3 is 14.4 Å². The smallest absolute Gasteiger partial charge is 0.526 e. The summed E-state index contributed by atoms with van der Waals surface area (Å²) in [5.41, 5.74) is 0. The molecule has 0 radical (unpaired) electrons. The molecule has 0 saturated carbocycles. The molecule has 0 N–H and O–H groups in total. The number of nitrogens with zero attached hydrogens (tertiary/aromatic N) is 1. The van der Waals surface area contributed by atoms with E-state index in [1.54, 1.807) is 0 Å². The van der Waals surface area contributed by atoms with Gasteiger partial charge in [0, 0.05) is 17.1 Å². The molecule has 0 fully saturated rings. The van der Waals surface area contributed by atoms with Crippen LogP contribution in [0.25, 0.3) is 0 Å². The molecule has 2 atom stereocenters. The third kappa shape index (κ3) is 8.07. The van der Waals surface area contributed by atoms with Gasteiger partial charge in [0.25, 0.3) is 0 Å². The molecule has 0 bridgehead atoms. The number of carbonyl (C=O) groups excluding carboxylic acids is 1.